The first-order chi connectivity index (χ1) is 12.2. The molecule has 8 heteroatoms. The quantitative estimate of drug-likeness (QED) is 0.376. The van der Waals surface area contributed by atoms with Crippen LogP contribution in [0.4, 0.5) is 8.78 Å². The molecule has 0 fully saturated rings. The van der Waals surface area contributed by atoms with Crippen LogP contribution >= 0.6 is 0 Å². The molecule has 0 aliphatic rings. The van der Waals surface area contributed by atoms with E-state index in [0.717, 1.165) is 12.1 Å². The maximum Gasteiger partial charge on any atom is 3.00 e. The molecule has 2 aromatic heterocycles. The van der Waals surface area contributed by atoms with Gasteiger partial charge in [0, 0.05) is 12.0 Å². The van der Waals surface area contributed by atoms with E-state index in [1.165, 1.54) is 0 Å². The standard InChI is InChI=1S/C12H6F2.C6H4N5.Ir/c13-10-6-7-11(12(14)8-10)9-4-2-1-3-5-9;1-2-4-7-5(3-1)6-8-10-11-9-6;/h1-4,6,8H;1-4H;/q-2;-1;+3. The Kier molecular flexibility index (Phi) is 7.20. The van der Waals surface area contributed by atoms with Crippen molar-refractivity contribution in [3.63, 3.8) is 0 Å². The van der Waals surface area contributed by atoms with Gasteiger partial charge in [-0.05, 0) is 17.9 Å². The van der Waals surface area contributed by atoms with Gasteiger partial charge in [-0.2, -0.15) is 41.1 Å². The first-order valence-electron chi connectivity index (χ1n) is 7.18. The minimum Gasteiger partial charge on any atom is -0.329 e. The summed E-state index contributed by atoms with van der Waals surface area (Å²) in [6.45, 7) is 0. The molecule has 4 rings (SSSR count). The molecule has 0 unspecified atom stereocenters. The minimum absolute atomic E-state index is 0. The van der Waals surface area contributed by atoms with Gasteiger partial charge in [0.2, 0.25) is 0 Å². The molecule has 2 heterocycles. The van der Waals surface area contributed by atoms with Crippen LogP contribution in [0.5, 0.6) is 0 Å². The smallest absolute Gasteiger partial charge is 0.329 e. The molecule has 4 aromatic rings. The van der Waals surface area contributed by atoms with E-state index in [-0.39, 0.29) is 25.7 Å². The predicted molar refractivity (Wildman–Crippen MR) is 85.8 cm³/mol. The van der Waals surface area contributed by atoms with Crippen molar-refractivity contribution in [2.45, 2.75) is 0 Å². The third kappa shape index (κ3) is 5.08. The Morgan fingerprint density at radius 3 is 2.46 bits per heavy atom. The molecule has 0 spiro atoms. The van der Waals surface area contributed by atoms with E-state index >= 15 is 0 Å². The molecule has 130 valence electrons. The fraction of sp³-hybridized carbons (Fsp3) is 0. The second-order valence-corrected chi connectivity index (χ2v) is 4.73. The number of nitrogens with zero attached hydrogens (tertiary/aromatic N) is 5. The Morgan fingerprint density at radius 1 is 1.00 bits per heavy atom. The van der Waals surface area contributed by atoms with Crippen LogP contribution in [0.15, 0.2) is 60.8 Å². The molecular formula is C18H10F2IrN5. The van der Waals surface area contributed by atoms with E-state index < -0.39 is 11.6 Å². The molecule has 0 atom stereocenters. The van der Waals surface area contributed by atoms with Crippen molar-refractivity contribution in [3.05, 3.63) is 84.6 Å². The van der Waals surface area contributed by atoms with E-state index in [1.54, 1.807) is 36.5 Å². The molecule has 0 saturated heterocycles. The van der Waals surface area contributed by atoms with Gasteiger partial charge in [0.25, 0.3) is 0 Å². The van der Waals surface area contributed by atoms with Crippen molar-refractivity contribution >= 4 is 0 Å². The summed E-state index contributed by atoms with van der Waals surface area (Å²) >= 11 is 0. The van der Waals surface area contributed by atoms with E-state index in [0.29, 0.717) is 17.1 Å². The van der Waals surface area contributed by atoms with Crippen molar-refractivity contribution in [2.75, 3.05) is 0 Å². The Hall–Kier alpha value is -2.83. The fourth-order valence-corrected chi connectivity index (χ4v) is 1.94. The summed E-state index contributed by atoms with van der Waals surface area (Å²) in [6.07, 6.45) is 1.67. The van der Waals surface area contributed by atoms with Crippen molar-refractivity contribution < 1.29 is 28.9 Å². The number of pyridine rings is 1. The van der Waals surface area contributed by atoms with Gasteiger partial charge in [-0.3, -0.25) is 24.1 Å². The second kappa shape index (κ2) is 9.60. The van der Waals surface area contributed by atoms with Gasteiger partial charge >= 0.3 is 20.1 Å². The van der Waals surface area contributed by atoms with Crippen molar-refractivity contribution in [3.8, 4) is 22.6 Å². The van der Waals surface area contributed by atoms with E-state index in [9.17, 15) is 8.78 Å². The van der Waals surface area contributed by atoms with Crippen molar-refractivity contribution in [1.82, 2.24) is 25.6 Å². The minimum atomic E-state index is -0.623. The summed E-state index contributed by atoms with van der Waals surface area (Å²) in [5.41, 5.74) is 1.51. The zero-order valence-corrected chi connectivity index (χ0v) is 15.5. The summed E-state index contributed by atoms with van der Waals surface area (Å²) in [4.78, 5) is 4.02. The summed E-state index contributed by atoms with van der Waals surface area (Å²) in [6, 6.07) is 19.8. The van der Waals surface area contributed by atoms with Crippen LogP contribution in [-0.4, -0.2) is 20.5 Å². The van der Waals surface area contributed by atoms with Crippen LogP contribution in [0.2, 0.25) is 0 Å². The summed E-state index contributed by atoms with van der Waals surface area (Å²) in [5.74, 6) is -0.778. The van der Waals surface area contributed by atoms with Crippen LogP contribution in [0.25, 0.3) is 22.6 Å². The monoisotopic (exact) mass is 527 g/mol. The van der Waals surface area contributed by atoms with Crippen LogP contribution in [0, 0.1) is 23.8 Å². The molecule has 26 heavy (non-hydrogen) atoms. The fourth-order valence-electron chi connectivity index (χ4n) is 1.94. The van der Waals surface area contributed by atoms with E-state index in [4.69, 9.17) is 0 Å². The van der Waals surface area contributed by atoms with Gasteiger partial charge in [0.15, 0.2) is 0 Å². The van der Waals surface area contributed by atoms with Gasteiger partial charge < -0.3 is 5.10 Å². The summed E-state index contributed by atoms with van der Waals surface area (Å²) in [7, 11) is 0. The van der Waals surface area contributed by atoms with Gasteiger partial charge in [0.05, 0.1) is 11.5 Å². The predicted octanol–water partition coefficient (Wildman–Crippen LogP) is 3.12. The first kappa shape index (κ1) is 19.5. The Labute approximate surface area is 161 Å². The first-order valence-corrected chi connectivity index (χ1v) is 7.18. The number of benzene rings is 2. The van der Waals surface area contributed by atoms with Gasteiger partial charge in [0.1, 0.15) is 0 Å². The number of tetrazole rings is 1. The van der Waals surface area contributed by atoms with Gasteiger partial charge in [-0.1, -0.05) is 12.1 Å². The van der Waals surface area contributed by atoms with E-state index in [2.05, 4.69) is 37.7 Å². The molecule has 5 nitrogen and oxygen atoms in total. The largest absolute Gasteiger partial charge is 3.00 e. The maximum atomic E-state index is 13.2. The molecule has 0 bridgehead atoms. The van der Waals surface area contributed by atoms with Crippen LogP contribution in [0.3, 0.4) is 0 Å². The molecule has 0 radical (unpaired) electrons. The molecule has 0 amide bonds. The topological polar surface area (TPSA) is 65.7 Å². The average Bonchev–Trinajstić information content (AvgIpc) is 3.19. The number of halogens is 2. The average molecular weight is 527 g/mol. The zero-order valence-electron chi connectivity index (χ0n) is 13.1. The Bertz CT molecular complexity index is 919. The molecule has 0 aliphatic carbocycles. The molecule has 0 saturated carbocycles. The Morgan fingerprint density at radius 2 is 1.85 bits per heavy atom. The van der Waals surface area contributed by atoms with Crippen LogP contribution in [0.1, 0.15) is 0 Å². The van der Waals surface area contributed by atoms with E-state index in [1.807, 2.05) is 12.1 Å². The summed E-state index contributed by atoms with van der Waals surface area (Å²) in [5, 5.41) is 14.0. The molecule has 2 aromatic carbocycles. The number of aromatic nitrogens is 5. The third-order valence-corrected chi connectivity index (χ3v) is 3.05. The second-order valence-electron chi connectivity index (χ2n) is 4.73. The zero-order chi connectivity index (χ0) is 17.5. The van der Waals surface area contributed by atoms with Crippen molar-refractivity contribution in [2.24, 2.45) is 0 Å². The maximum absolute atomic E-state index is 13.2. The van der Waals surface area contributed by atoms with Crippen molar-refractivity contribution in [1.29, 1.82) is 0 Å². The summed E-state index contributed by atoms with van der Waals surface area (Å²) < 4.78 is 25.8. The van der Waals surface area contributed by atoms with Gasteiger partial charge in [-0.15, -0.1) is 12.1 Å². The normalized spacial score (nSPS) is 9.62. The SMILES string of the molecule is Fc1c[c-]c(-c2[c-]cccc2)c(F)c1.[Ir+3].c1ccc(-c2nnn[n-]2)nc1. The number of hydrogen-bond donors (Lipinski definition) is 0. The molecule has 0 N–H and O–H groups in total. The number of hydrogen-bond acceptors (Lipinski definition) is 4. The Balaban J connectivity index is 0.000000184. The molecular weight excluding hydrogens is 516 g/mol. The molecule has 0 aliphatic heterocycles. The number of rotatable bonds is 2. The third-order valence-electron chi connectivity index (χ3n) is 3.05. The van der Waals surface area contributed by atoms with Gasteiger partial charge in [-0.25, -0.2) is 5.56 Å². The van der Waals surface area contributed by atoms with Crippen LogP contribution in [-0.2, 0) is 20.1 Å². The van der Waals surface area contributed by atoms with Crippen LogP contribution < -0.4 is 5.10 Å².